The average molecular weight is 257 g/mol. The van der Waals surface area contributed by atoms with Gasteiger partial charge in [-0.1, -0.05) is 13.8 Å². The zero-order valence-electron chi connectivity index (χ0n) is 11.8. The number of anilines is 1. The highest BCUT2D eigenvalue weighted by Gasteiger charge is 2.10. The third kappa shape index (κ3) is 2.84. The fourth-order valence-corrected chi connectivity index (χ4v) is 1.88. The Morgan fingerprint density at radius 1 is 1.16 bits per heavy atom. The molecule has 0 amide bonds. The van der Waals surface area contributed by atoms with Crippen LogP contribution < -0.4 is 10.5 Å². The summed E-state index contributed by atoms with van der Waals surface area (Å²) < 4.78 is 5.15. The molecule has 0 radical (unpaired) electrons. The van der Waals surface area contributed by atoms with Gasteiger partial charge in [-0.05, 0) is 31.0 Å². The van der Waals surface area contributed by atoms with E-state index < -0.39 is 0 Å². The molecule has 1 heterocycles. The van der Waals surface area contributed by atoms with Crippen molar-refractivity contribution in [2.45, 2.75) is 26.7 Å². The lowest BCUT2D eigenvalue weighted by Crippen LogP contribution is -2.01. The van der Waals surface area contributed by atoms with E-state index in [4.69, 9.17) is 10.5 Å². The van der Waals surface area contributed by atoms with Crippen molar-refractivity contribution in [2.75, 3.05) is 12.8 Å². The van der Waals surface area contributed by atoms with E-state index in [1.165, 1.54) is 0 Å². The van der Waals surface area contributed by atoms with Gasteiger partial charge in [-0.15, -0.1) is 0 Å². The topological polar surface area (TPSA) is 61.0 Å². The Bertz CT molecular complexity index is 594. The van der Waals surface area contributed by atoms with Gasteiger partial charge in [0.1, 0.15) is 5.75 Å². The Kier molecular flexibility index (Phi) is 3.69. The van der Waals surface area contributed by atoms with Crippen LogP contribution in [0.1, 0.15) is 31.2 Å². The molecular weight excluding hydrogens is 238 g/mol. The number of nitrogens with zero attached hydrogens (tertiary/aromatic N) is 2. The molecule has 0 atom stereocenters. The fraction of sp³-hybridized carbons (Fsp3) is 0.333. The quantitative estimate of drug-likeness (QED) is 0.858. The number of rotatable bonds is 3. The van der Waals surface area contributed by atoms with Gasteiger partial charge in [-0.25, -0.2) is 9.97 Å². The molecule has 2 aromatic rings. The molecule has 1 aromatic heterocycles. The molecule has 4 nitrogen and oxygen atoms in total. The van der Waals surface area contributed by atoms with E-state index in [1.54, 1.807) is 13.2 Å². The van der Waals surface area contributed by atoms with Crippen LogP contribution in [-0.4, -0.2) is 17.1 Å². The van der Waals surface area contributed by atoms with E-state index in [2.05, 4.69) is 23.8 Å². The minimum atomic E-state index is 0.361. The lowest BCUT2D eigenvalue weighted by atomic mass is 10.1. The van der Waals surface area contributed by atoms with Gasteiger partial charge in [0.05, 0.1) is 7.11 Å². The van der Waals surface area contributed by atoms with Gasteiger partial charge in [0.2, 0.25) is 0 Å². The Balaban J connectivity index is 2.52. The number of aryl methyl sites for hydroxylation is 1. The van der Waals surface area contributed by atoms with Crippen molar-refractivity contribution in [3.63, 3.8) is 0 Å². The van der Waals surface area contributed by atoms with Crippen LogP contribution in [0.2, 0.25) is 0 Å². The molecule has 2 N–H and O–H groups in total. The van der Waals surface area contributed by atoms with E-state index in [0.717, 1.165) is 22.7 Å². The van der Waals surface area contributed by atoms with Crippen LogP contribution >= 0.6 is 0 Å². The maximum absolute atomic E-state index is 6.05. The van der Waals surface area contributed by atoms with E-state index in [0.29, 0.717) is 17.4 Å². The normalized spacial score (nSPS) is 10.8. The molecule has 0 spiro atoms. The van der Waals surface area contributed by atoms with Crippen molar-refractivity contribution in [3.05, 3.63) is 35.7 Å². The van der Waals surface area contributed by atoms with E-state index in [-0.39, 0.29) is 0 Å². The first-order valence-electron chi connectivity index (χ1n) is 6.30. The summed E-state index contributed by atoms with van der Waals surface area (Å²) >= 11 is 0. The number of benzene rings is 1. The first-order valence-corrected chi connectivity index (χ1v) is 6.30. The van der Waals surface area contributed by atoms with E-state index in [1.807, 2.05) is 25.1 Å². The lowest BCUT2D eigenvalue weighted by molar-refractivity contribution is 0.415. The van der Waals surface area contributed by atoms with Gasteiger partial charge < -0.3 is 10.5 Å². The Morgan fingerprint density at radius 2 is 1.89 bits per heavy atom. The summed E-state index contributed by atoms with van der Waals surface area (Å²) in [5, 5.41) is 0. The van der Waals surface area contributed by atoms with Crippen molar-refractivity contribution in [1.82, 2.24) is 9.97 Å². The van der Waals surface area contributed by atoms with Gasteiger partial charge in [0.25, 0.3) is 0 Å². The Hall–Kier alpha value is -2.10. The second kappa shape index (κ2) is 5.26. The predicted octanol–water partition coefficient (Wildman–Crippen LogP) is 3.17. The molecule has 0 saturated carbocycles. The molecule has 0 aliphatic heterocycles. The maximum atomic E-state index is 6.05. The van der Waals surface area contributed by atoms with Crippen LogP contribution in [0.25, 0.3) is 11.4 Å². The number of nitrogens with two attached hydrogens (primary N) is 1. The average Bonchev–Trinajstić information content (AvgIpc) is 2.37. The van der Waals surface area contributed by atoms with Crippen molar-refractivity contribution in [3.8, 4) is 17.1 Å². The zero-order valence-corrected chi connectivity index (χ0v) is 11.8. The number of hydrogen-bond acceptors (Lipinski definition) is 4. The third-order valence-electron chi connectivity index (χ3n) is 2.97. The summed E-state index contributed by atoms with van der Waals surface area (Å²) in [7, 11) is 1.62. The summed E-state index contributed by atoms with van der Waals surface area (Å²) in [4.78, 5) is 9.06. The first-order chi connectivity index (χ1) is 9.01. The van der Waals surface area contributed by atoms with Gasteiger partial charge >= 0.3 is 0 Å². The standard InChI is InChI=1S/C15H19N3O/c1-9(2)14-7-10(3)17-15(18-14)12-6-5-11(19-4)8-13(12)16/h5-9H,16H2,1-4H3. The molecule has 0 unspecified atom stereocenters. The summed E-state index contributed by atoms with van der Waals surface area (Å²) in [6.45, 7) is 6.20. The monoisotopic (exact) mass is 257 g/mol. The zero-order chi connectivity index (χ0) is 14.0. The fourth-order valence-electron chi connectivity index (χ4n) is 1.88. The van der Waals surface area contributed by atoms with Crippen LogP contribution in [0.15, 0.2) is 24.3 Å². The van der Waals surface area contributed by atoms with Gasteiger partial charge in [0, 0.05) is 28.7 Å². The molecule has 0 aliphatic rings. The minimum absolute atomic E-state index is 0.361. The smallest absolute Gasteiger partial charge is 0.161 e. The summed E-state index contributed by atoms with van der Waals surface area (Å²) in [6.07, 6.45) is 0. The van der Waals surface area contributed by atoms with Gasteiger partial charge in [-0.3, -0.25) is 0 Å². The number of hydrogen-bond donors (Lipinski definition) is 1. The van der Waals surface area contributed by atoms with Gasteiger partial charge in [0.15, 0.2) is 5.82 Å². The molecule has 1 aromatic carbocycles. The van der Waals surface area contributed by atoms with Crippen molar-refractivity contribution in [1.29, 1.82) is 0 Å². The molecule has 100 valence electrons. The van der Waals surface area contributed by atoms with Crippen LogP contribution in [0, 0.1) is 6.92 Å². The van der Waals surface area contributed by atoms with Crippen LogP contribution in [0.4, 0.5) is 5.69 Å². The number of ether oxygens (including phenoxy) is 1. The molecule has 0 saturated heterocycles. The highest BCUT2D eigenvalue weighted by atomic mass is 16.5. The summed E-state index contributed by atoms with van der Waals surface area (Å²) in [5.74, 6) is 1.77. The van der Waals surface area contributed by atoms with E-state index in [9.17, 15) is 0 Å². The Morgan fingerprint density at radius 3 is 2.47 bits per heavy atom. The summed E-state index contributed by atoms with van der Waals surface area (Å²) in [6, 6.07) is 7.56. The van der Waals surface area contributed by atoms with Gasteiger partial charge in [-0.2, -0.15) is 0 Å². The third-order valence-corrected chi connectivity index (χ3v) is 2.97. The van der Waals surface area contributed by atoms with Crippen molar-refractivity contribution in [2.24, 2.45) is 0 Å². The first kappa shape index (κ1) is 13.3. The van der Waals surface area contributed by atoms with Crippen LogP contribution in [0.5, 0.6) is 5.75 Å². The Labute approximate surface area is 113 Å². The van der Waals surface area contributed by atoms with Crippen LogP contribution in [0.3, 0.4) is 0 Å². The largest absolute Gasteiger partial charge is 0.497 e. The van der Waals surface area contributed by atoms with Crippen molar-refractivity contribution < 1.29 is 4.74 Å². The number of aromatic nitrogens is 2. The highest BCUT2D eigenvalue weighted by molar-refractivity contribution is 5.73. The van der Waals surface area contributed by atoms with Crippen molar-refractivity contribution >= 4 is 5.69 Å². The molecule has 4 heteroatoms. The molecule has 2 rings (SSSR count). The lowest BCUT2D eigenvalue weighted by Gasteiger charge is -2.11. The second-order valence-corrected chi connectivity index (χ2v) is 4.87. The highest BCUT2D eigenvalue weighted by Crippen LogP contribution is 2.28. The SMILES string of the molecule is COc1ccc(-c2nc(C)cc(C(C)C)n2)c(N)c1. The molecule has 19 heavy (non-hydrogen) atoms. The molecule has 0 bridgehead atoms. The number of methoxy groups -OCH3 is 1. The summed E-state index contributed by atoms with van der Waals surface area (Å²) in [5.41, 5.74) is 9.48. The molecule has 0 fully saturated rings. The maximum Gasteiger partial charge on any atom is 0.161 e. The second-order valence-electron chi connectivity index (χ2n) is 4.87. The number of nitrogen functional groups attached to an aromatic ring is 1. The minimum Gasteiger partial charge on any atom is -0.497 e. The molecular formula is C15H19N3O. The predicted molar refractivity (Wildman–Crippen MR) is 77.3 cm³/mol. The van der Waals surface area contributed by atoms with Crippen LogP contribution in [-0.2, 0) is 0 Å². The molecule has 0 aliphatic carbocycles. The van der Waals surface area contributed by atoms with E-state index >= 15 is 0 Å².